The molecule has 0 amide bonds. The molecule has 2 rings (SSSR count). The van der Waals surface area contributed by atoms with Crippen LogP contribution in [-0.2, 0) is 13.6 Å². The fourth-order valence-corrected chi connectivity index (χ4v) is 3.27. The van der Waals surface area contributed by atoms with E-state index in [-0.39, 0.29) is 0 Å². The fourth-order valence-electron chi connectivity index (χ4n) is 2.81. The number of hydrogen-bond acceptors (Lipinski definition) is 2. The molecule has 1 aliphatic rings. The van der Waals surface area contributed by atoms with Crippen LogP contribution in [0.15, 0.2) is 4.47 Å². The first-order chi connectivity index (χ1) is 8.00. The molecule has 0 spiro atoms. The highest BCUT2D eigenvalue weighted by Crippen LogP contribution is 2.28. The van der Waals surface area contributed by atoms with E-state index in [0.29, 0.717) is 12.1 Å². The summed E-state index contributed by atoms with van der Waals surface area (Å²) in [6.07, 6.45) is 4.00. The Bertz CT molecular complexity index is 390. The van der Waals surface area contributed by atoms with Gasteiger partial charge in [0.1, 0.15) is 0 Å². The van der Waals surface area contributed by atoms with E-state index in [2.05, 4.69) is 46.7 Å². The van der Waals surface area contributed by atoms with Gasteiger partial charge in [0.05, 0.1) is 15.9 Å². The van der Waals surface area contributed by atoms with Gasteiger partial charge in [-0.15, -0.1) is 0 Å². The van der Waals surface area contributed by atoms with Gasteiger partial charge < -0.3 is 0 Å². The Morgan fingerprint density at radius 2 is 1.88 bits per heavy atom. The largest absolute Gasteiger partial charge is 0.292 e. The third-order valence-corrected chi connectivity index (χ3v) is 5.00. The number of nitrogens with zero attached hydrogens (tertiary/aromatic N) is 3. The second kappa shape index (κ2) is 5.11. The van der Waals surface area contributed by atoms with Crippen LogP contribution in [0.25, 0.3) is 0 Å². The van der Waals surface area contributed by atoms with Crippen molar-refractivity contribution in [3.63, 3.8) is 0 Å². The Labute approximate surface area is 112 Å². The quantitative estimate of drug-likeness (QED) is 0.836. The first-order valence-electron chi connectivity index (χ1n) is 6.44. The van der Waals surface area contributed by atoms with E-state index >= 15 is 0 Å². The summed E-state index contributed by atoms with van der Waals surface area (Å²) in [4.78, 5) is 2.60. The van der Waals surface area contributed by atoms with Crippen molar-refractivity contribution in [3.05, 3.63) is 15.9 Å². The zero-order valence-corrected chi connectivity index (χ0v) is 12.8. The minimum absolute atomic E-state index is 0.681. The molecule has 3 nitrogen and oxygen atoms in total. The van der Waals surface area contributed by atoms with E-state index in [1.54, 1.807) is 0 Å². The van der Waals surface area contributed by atoms with E-state index in [9.17, 15) is 0 Å². The molecule has 4 heteroatoms. The van der Waals surface area contributed by atoms with Crippen molar-refractivity contribution in [3.8, 4) is 0 Å². The maximum absolute atomic E-state index is 4.47. The zero-order chi connectivity index (χ0) is 12.6. The van der Waals surface area contributed by atoms with E-state index in [0.717, 1.165) is 12.2 Å². The predicted molar refractivity (Wildman–Crippen MR) is 74.0 cm³/mol. The van der Waals surface area contributed by atoms with Crippen LogP contribution >= 0.6 is 15.9 Å². The Kier molecular flexibility index (Phi) is 3.93. The van der Waals surface area contributed by atoms with Crippen LogP contribution in [0, 0.1) is 6.92 Å². The summed E-state index contributed by atoms with van der Waals surface area (Å²) in [6.45, 7) is 7.73. The van der Waals surface area contributed by atoms with E-state index in [4.69, 9.17) is 0 Å². The van der Waals surface area contributed by atoms with Gasteiger partial charge >= 0.3 is 0 Å². The van der Waals surface area contributed by atoms with Crippen molar-refractivity contribution in [2.75, 3.05) is 0 Å². The molecule has 0 radical (unpaired) electrons. The minimum atomic E-state index is 0.681. The Balaban J connectivity index is 2.19. The van der Waals surface area contributed by atoms with Crippen molar-refractivity contribution < 1.29 is 0 Å². The second-order valence-electron chi connectivity index (χ2n) is 5.27. The topological polar surface area (TPSA) is 21.1 Å². The summed E-state index contributed by atoms with van der Waals surface area (Å²) in [5.41, 5.74) is 2.38. The van der Waals surface area contributed by atoms with Crippen molar-refractivity contribution in [2.45, 2.75) is 58.7 Å². The molecule has 1 aliphatic heterocycles. The lowest BCUT2D eigenvalue weighted by Gasteiger charge is -2.39. The fraction of sp³-hybridized carbons (Fsp3) is 0.769. The molecule has 2 atom stereocenters. The summed E-state index contributed by atoms with van der Waals surface area (Å²) in [6, 6.07) is 1.36. The van der Waals surface area contributed by atoms with E-state index in [1.807, 2.05) is 11.7 Å². The highest BCUT2D eigenvalue weighted by Gasteiger charge is 2.26. The summed E-state index contributed by atoms with van der Waals surface area (Å²) >= 11 is 3.66. The molecule has 2 heterocycles. The molecular weight excluding hydrogens is 278 g/mol. The molecule has 0 saturated carbocycles. The van der Waals surface area contributed by atoms with Crippen molar-refractivity contribution in [2.24, 2.45) is 7.05 Å². The SMILES string of the molecule is Cc1nn(C)c(CN2[C@H](C)CCC[C@@H]2C)c1Br. The Hall–Kier alpha value is -0.350. The average Bonchev–Trinajstić information content (AvgIpc) is 2.49. The number of aryl methyl sites for hydroxylation is 2. The predicted octanol–water partition coefficient (Wildman–Crippen LogP) is 3.25. The number of aromatic nitrogens is 2. The van der Waals surface area contributed by atoms with Crippen LogP contribution in [0.5, 0.6) is 0 Å². The maximum Gasteiger partial charge on any atom is 0.0739 e. The second-order valence-corrected chi connectivity index (χ2v) is 6.06. The standard InChI is InChI=1S/C13H22BrN3/c1-9-6-5-7-10(2)17(9)8-12-13(14)11(3)15-16(12)4/h9-10H,5-8H2,1-4H3/t9-,10+. The number of likely N-dealkylation sites (tertiary alicyclic amines) is 1. The highest BCUT2D eigenvalue weighted by atomic mass is 79.9. The van der Waals surface area contributed by atoms with Gasteiger partial charge in [0.2, 0.25) is 0 Å². The molecule has 1 fully saturated rings. The molecule has 0 unspecified atom stereocenters. The molecule has 0 aromatic carbocycles. The Morgan fingerprint density at radius 1 is 1.29 bits per heavy atom. The van der Waals surface area contributed by atoms with Gasteiger partial charge in [0, 0.05) is 25.7 Å². The molecule has 1 saturated heterocycles. The van der Waals surface area contributed by atoms with Gasteiger partial charge in [-0.25, -0.2) is 0 Å². The summed E-state index contributed by atoms with van der Waals surface area (Å²) in [5, 5.41) is 4.47. The number of rotatable bonds is 2. The first-order valence-corrected chi connectivity index (χ1v) is 7.23. The molecule has 96 valence electrons. The number of hydrogen-bond donors (Lipinski definition) is 0. The Morgan fingerprint density at radius 3 is 2.35 bits per heavy atom. The monoisotopic (exact) mass is 299 g/mol. The van der Waals surface area contributed by atoms with Gasteiger partial charge in [-0.1, -0.05) is 6.42 Å². The van der Waals surface area contributed by atoms with Gasteiger partial charge in [-0.3, -0.25) is 9.58 Å². The number of halogens is 1. The summed E-state index contributed by atoms with van der Waals surface area (Å²) in [7, 11) is 2.03. The molecule has 1 aromatic heterocycles. The van der Waals surface area contributed by atoms with Crippen molar-refractivity contribution >= 4 is 15.9 Å². The summed E-state index contributed by atoms with van der Waals surface area (Å²) in [5.74, 6) is 0. The van der Waals surface area contributed by atoms with E-state index in [1.165, 1.54) is 29.4 Å². The lowest BCUT2D eigenvalue weighted by atomic mass is 9.97. The maximum atomic E-state index is 4.47. The van der Waals surface area contributed by atoms with Crippen molar-refractivity contribution in [1.82, 2.24) is 14.7 Å². The molecule has 1 aromatic rings. The van der Waals surface area contributed by atoms with E-state index < -0.39 is 0 Å². The lowest BCUT2D eigenvalue weighted by molar-refractivity contribution is 0.0922. The molecule has 0 N–H and O–H groups in total. The molecular formula is C13H22BrN3. The van der Waals surface area contributed by atoms with Crippen LogP contribution in [0.1, 0.15) is 44.5 Å². The smallest absolute Gasteiger partial charge is 0.0739 e. The average molecular weight is 300 g/mol. The molecule has 0 bridgehead atoms. The van der Waals surface area contributed by atoms with Gasteiger partial charge in [0.15, 0.2) is 0 Å². The van der Waals surface area contributed by atoms with Crippen LogP contribution in [0.2, 0.25) is 0 Å². The molecule has 0 aliphatic carbocycles. The van der Waals surface area contributed by atoms with Gasteiger partial charge in [-0.2, -0.15) is 5.10 Å². The van der Waals surface area contributed by atoms with Crippen LogP contribution < -0.4 is 0 Å². The summed E-state index contributed by atoms with van der Waals surface area (Å²) < 4.78 is 3.18. The third kappa shape index (κ3) is 2.58. The minimum Gasteiger partial charge on any atom is -0.292 e. The first kappa shape index (κ1) is 13.1. The number of piperidine rings is 1. The van der Waals surface area contributed by atoms with Crippen LogP contribution in [-0.4, -0.2) is 26.8 Å². The zero-order valence-electron chi connectivity index (χ0n) is 11.2. The van der Waals surface area contributed by atoms with Crippen LogP contribution in [0.3, 0.4) is 0 Å². The lowest BCUT2D eigenvalue weighted by Crippen LogP contribution is -2.43. The van der Waals surface area contributed by atoms with Crippen molar-refractivity contribution in [1.29, 1.82) is 0 Å². The van der Waals surface area contributed by atoms with Crippen LogP contribution in [0.4, 0.5) is 0 Å². The van der Waals surface area contributed by atoms with Gasteiger partial charge in [-0.05, 0) is 49.5 Å². The van der Waals surface area contributed by atoms with Gasteiger partial charge in [0.25, 0.3) is 0 Å². The normalized spacial score (nSPS) is 26.4. The highest BCUT2D eigenvalue weighted by molar-refractivity contribution is 9.10. The third-order valence-electron chi connectivity index (χ3n) is 3.97. The molecule has 17 heavy (non-hydrogen) atoms.